The first kappa shape index (κ1) is 15.7. The van der Waals surface area contributed by atoms with Gasteiger partial charge in [-0.1, -0.05) is 6.92 Å². The number of hydrogen-bond donors (Lipinski definition) is 1. The molecule has 0 aliphatic carbocycles. The van der Waals surface area contributed by atoms with Gasteiger partial charge in [0.15, 0.2) is 0 Å². The summed E-state index contributed by atoms with van der Waals surface area (Å²) in [6, 6.07) is 4.11. The SMILES string of the molecule is CNC(c1ccc(F)cn1)C(C)CN(C)C1CCSC1. The van der Waals surface area contributed by atoms with Crippen molar-refractivity contribution in [2.24, 2.45) is 5.92 Å². The van der Waals surface area contributed by atoms with E-state index in [0.29, 0.717) is 12.0 Å². The Bertz CT molecular complexity index is 406. The minimum Gasteiger partial charge on any atom is -0.311 e. The summed E-state index contributed by atoms with van der Waals surface area (Å²) < 4.78 is 13.0. The zero-order valence-corrected chi connectivity index (χ0v) is 13.3. The van der Waals surface area contributed by atoms with Gasteiger partial charge in [-0.3, -0.25) is 4.98 Å². The van der Waals surface area contributed by atoms with Gasteiger partial charge in [-0.25, -0.2) is 4.39 Å². The Labute approximate surface area is 125 Å². The monoisotopic (exact) mass is 297 g/mol. The Morgan fingerprint density at radius 1 is 1.55 bits per heavy atom. The zero-order chi connectivity index (χ0) is 14.5. The third-order valence-corrected chi connectivity index (χ3v) is 5.20. The molecule has 0 bridgehead atoms. The Kier molecular flexibility index (Phi) is 5.81. The minimum atomic E-state index is -0.281. The van der Waals surface area contributed by atoms with E-state index in [1.807, 2.05) is 18.8 Å². The molecule has 3 unspecified atom stereocenters. The number of nitrogens with zero attached hydrogens (tertiary/aromatic N) is 2. The first-order valence-corrected chi connectivity index (χ1v) is 8.34. The van der Waals surface area contributed by atoms with Crippen molar-refractivity contribution in [1.29, 1.82) is 0 Å². The van der Waals surface area contributed by atoms with E-state index >= 15 is 0 Å². The second kappa shape index (κ2) is 7.38. The molecule has 1 fully saturated rings. The molecule has 112 valence electrons. The lowest BCUT2D eigenvalue weighted by Gasteiger charge is -2.30. The Hall–Kier alpha value is -0.650. The summed E-state index contributed by atoms with van der Waals surface area (Å²) in [5.74, 6) is 2.66. The van der Waals surface area contributed by atoms with E-state index in [4.69, 9.17) is 0 Å². The molecule has 1 aromatic heterocycles. The summed E-state index contributed by atoms with van der Waals surface area (Å²) in [6.45, 7) is 3.25. The van der Waals surface area contributed by atoms with Gasteiger partial charge >= 0.3 is 0 Å². The van der Waals surface area contributed by atoms with Crippen molar-refractivity contribution in [3.05, 3.63) is 29.8 Å². The Balaban J connectivity index is 1.97. The third-order valence-electron chi connectivity index (χ3n) is 4.05. The van der Waals surface area contributed by atoms with Gasteiger partial charge in [0.05, 0.1) is 17.9 Å². The highest BCUT2D eigenvalue weighted by Gasteiger charge is 2.25. The molecule has 1 aromatic rings. The van der Waals surface area contributed by atoms with Gasteiger partial charge in [-0.15, -0.1) is 0 Å². The first-order valence-electron chi connectivity index (χ1n) is 7.18. The second-order valence-corrected chi connectivity index (χ2v) is 6.75. The van der Waals surface area contributed by atoms with Crippen LogP contribution in [-0.4, -0.2) is 48.1 Å². The molecule has 2 rings (SSSR count). The summed E-state index contributed by atoms with van der Waals surface area (Å²) >= 11 is 2.04. The van der Waals surface area contributed by atoms with E-state index in [1.165, 1.54) is 30.2 Å². The molecule has 1 saturated heterocycles. The summed E-state index contributed by atoms with van der Waals surface area (Å²) in [6.07, 6.45) is 2.58. The largest absolute Gasteiger partial charge is 0.311 e. The number of nitrogens with one attached hydrogen (secondary N) is 1. The highest BCUT2D eigenvalue weighted by Crippen LogP contribution is 2.25. The Morgan fingerprint density at radius 2 is 2.35 bits per heavy atom. The lowest BCUT2D eigenvalue weighted by Crippen LogP contribution is -2.38. The quantitative estimate of drug-likeness (QED) is 0.873. The average molecular weight is 297 g/mol. The third kappa shape index (κ3) is 3.93. The number of pyridine rings is 1. The smallest absolute Gasteiger partial charge is 0.141 e. The van der Waals surface area contributed by atoms with Gasteiger partial charge in [0.2, 0.25) is 0 Å². The molecule has 20 heavy (non-hydrogen) atoms. The van der Waals surface area contributed by atoms with Crippen molar-refractivity contribution >= 4 is 11.8 Å². The lowest BCUT2D eigenvalue weighted by molar-refractivity contribution is 0.205. The molecule has 3 atom stereocenters. The zero-order valence-electron chi connectivity index (χ0n) is 12.5. The van der Waals surface area contributed by atoms with Crippen LogP contribution in [0.15, 0.2) is 18.3 Å². The van der Waals surface area contributed by atoms with Crippen LogP contribution in [-0.2, 0) is 0 Å². The fourth-order valence-electron chi connectivity index (χ4n) is 2.87. The van der Waals surface area contributed by atoms with Crippen LogP contribution >= 0.6 is 11.8 Å². The van der Waals surface area contributed by atoms with Crippen LogP contribution in [0.2, 0.25) is 0 Å². The molecule has 0 aromatic carbocycles. The van der Waals surface area contributed by atoms with Crippen LogP contribution < -0.4 is 5.32 Å². The molecule has 0 radical (unpaired) electrons. The summed E-state index contributed by atoms with van der Waals surface area (Å²) in [5, 5.41) is 3.32. The second-order valence-electron chi connectivity index (χ2n) is 5.60. The molecule has 2 heterocycles. The van der Waals surface area contributed by atoms with Crippen LogP contribution in [0.1, 0.15) is 25.1 Å². The highest BCUT2D eigenvalue weighted by atomic mass is 32.2. The highest BCUT2D eigenvalue weighted by molar-refractivity contribution is 7.99. The van der Waals surface area contributed by atoms with Crippen molar-refractivity contribution in [2.75, 3.05) is 32.1 Å². The topological polar surface area (TPSA) is 28.2 Å². The lowest BCUT2D eigenvalue weighted by atomic mass is 9.97. The summed E-state index contributed by atoms with van der Waals surface area (Å²) in [4.78, 5) is 6.67. The van der Waals surface area contributed by atoms with Gasteiger partial charge < -0.3 is 10.2 Å². The predicted octanol–water partition coefficient (Wildman–Crippen LogP) is 2.55. The van der Waals surface area contributed by atoms with E-state index in [2.05, 4.69) is 29.2 Å². The number of rotatable bonds is 6. The van der Waals surface area contributed by atoms with Crippen LogP contribution in [0.25, 0.3) is 0 Å². The summed E-state index contributed by atoms with van der Waals surface area (Å²) in [5.41, 5.74) is 0.913. The van der Waals surface area contributed by atoms with Gasteiger partial charge in [0.1, 0.15) is 5.82 Å². The van der Waals surface area contributed by atoms with E-state index in [0.717, 1.165) is 12.2 Å². The van der Waals surface area contributed by atoms with Crippen molar-refractivity contribution in [3.63, 3.8) is 0 Å². The van der Waals surface area contributed by atoms with E-state index in [9.17, 15) is 4.39 Å². The molecule has 5 heteroatoms. The number of aromatic nitrogens is 1. The fourth-order valence-corrected chi connectivity index (χ4v) is 4.17. The van der Waals surface area contributed by atoms with Crippen molar-refractivity contribution < 1.29 is 4.39 Å². The number of thioether (sulfide) groups is 1. The normalized spacial score (nSPS) is 22.1. The maximum atomic E-state index is 13.0. The maximum Gasteiger partial charge on any atom is 0.141 e. The molecule has 1 aliphatic heterocycles. The van der Waals surface area contributed by atoms with E-state index in [1.54, 1.807) is 6.07 Å². The molecule has 0 amide bonds. The molecular formula is C15H24FN3S. The molecule has 0 saturated carbocycles. The molecular weight excluding hydrogens is 273 g/mol. The van der Waals surface area contributed by atoms with Crippen LogP contribution in [0.3, 0.4) is 0 Å². The van der Waals surface area contributed by atoms with Crippen molar-refractivity contribution in [2.45, 2.75) is 25.4 Å². The average Bonchev–Trinajstić information content (AvgIpc) is 2.96. The molecule has 0 spiro atoms. The number of halogens is 1. The molecule has 1 aliphatic rings. The standard InChI is InChI=1S/C15H24FN3S/c1-11(9-19(3)13-6-7-20-10-13)15(17-2)14-5-4-12(16)8-18-14/h4-5,8,11,13,15,17H,6-7,9-10H2,1-3H3. The van der Waals surface area contributed by atoms with Crippen molar-refractivity contribution in [3.8, 4) is 0 Å². The minimum absolute atomic E-state index is 0.159. The molecule has 1 N–H and O–H groups in total. The van der Waals surface area contributed by atoms with Gasteiger partial charge in [-0.05, 0) is 44.3 Å². The summed E-state index contributed by atoms with van der Waals surface area (Å²) in [7, 11) is 4.15. The van der Waals surface area contributed by atoms with Crippen molar-refractivity contribution in [1.82, 2.24) is 15.2 Å². The van der Waals surface area contributed by atoms with E-state index < -0.39 is 0 Å². The fraction of sp³-hybridized carbons (Fsp3) is 0.667. The van der Waals surface area contributed by atoms with Gasteiger partial charge in [-0.2, -0.15) is 11.8 Å². The van der Waals surface area contributed by atoms with Gasteiger partial charge in [0.25, 0.3) is 0 Å². The maximum absolute atomic E-state index is 13.0. The number of hydrogen-bond acceptors (Lipinski definition) is 4. The van der Waals surface area contributed by atoms with Crippen LogP contribution in [0.5, 0.6) is 0 Å². The van der Waals surface area contributed by atoms with E-state index in [-0.39, 0.29) is 11.9 Å². The molecule has 3 nitrogen and oxygen atoms in total. The Morgan fingerprint density at radius 3 is 2.90 bits per heavy atom. The van der Waals surface area contributed by atoms with Crippen LogP contribution in [0, 0.1) is 11.7 Å². The van der Waals surface area contributed by atoms with Crippen LogP contribution in [0.4, 0.5) is 4.39 Å². The first-order chi connectivity index (χ1) is 9.61. The predicted molar refractivity (Wildman–Crippen MR) is 83.5 cm³/mol. The van der Waals surface area contributed by atoms with Gasteiger partial charge in [0, 0.05) is 18.3 Å².